The van der Waals surface area contributed by atoms with Crippen molar-refractivity contribution in [2.24, 2.45) is 5.92 Å². The smallest absolute Gasteiger partial charge is 0.158 e. The molecule has 1 aliphatic rings. The van der Waals surface area contributed by atoms with Gasteiger partial charge in [-0.25, -0.2) is 0 Å². The fourth-order valence-corrected chi connectivity index (χ4v) is 0.866. The summed E-state index contributed by atoms with van der Waals surface area (Å²) >= 11 is 0. The first-order valence-corrected chi connectivity index (χ1v) is 4.11. The van der Waals surface area contributed by atoms with Crippen LogP contribution in [0.4, 0.5) is 0 Å². The van der Waals surface area contributed by atoms with E-state index in [9.17, 15) is 4.79 Å². The molecule has 1 rings (SSSR count). The molecular weight excluding hydrogens is 142 g/mol. The molecule has 2 N–H and O–H groups in total. The number of hydrogen-bond acceptors (Lipinski definition) is 3. The third-order valence-corrected chi connectivity index (χ3v) is 1.68. The molecule has 0 spiro atoms. The van der Waals surface area contributed by atoms with E-state index in [4.69, 9.17) is 5.11 Å². The van der Waals surface area contributed by atoms with E-state index in [1.165, 1.54) is 6.92 Å². The fraction of sp³-hybridized carbons (Fsp3) is 0.875. The number of carbonyl (C=O) groups excluding carboxylic acids is 1. The molecule has 0 bridgehead atoms. The van der Waals surface area contributed by atoms with Gasteiger partial charge in [0.05, 0.1) is 0 Å². The van der Waals surface area contributed by atoms with Crippen molar-refractivity contribution in [2.75, 3.05) is 13.1 Å². The van der Waals surface area contributed by atoms with Crippen LogP contribution in [0, 0.1) is 5.92 Å². The van der Waals surface area contributed by atoms with Crippen LogP contribution in [-0.4, -0.2) is 30.1 Å². The number of nitrogens with one attached hydrogen (secondary N) is 1. The first kappa shape index (κ1) is 10.6. The van der Waals surface area contributed by atoms with E-state index < -0.39 is 6.10 Å². The van der Waals surface area contributed by atoms with Crippen molar-refractivity contribution in [3.63, 3.8) is 0 Å². The minimum Gasteiger partial charge on any atom is -0.385 e. The zero-order valence-corrected chi connectivity index (χ0v) is 7.42. The third-order valence-electron chi connectivity index (χ3n) is 1.68. The van der Waals surface area contributed by atoms with Crippen molar-refractivity contribution < 1.29 is 9.90 Å². The number of rotatable bonds is 2. The summed E-state index contributed by atoms with van der Waals surface area (Å²) < 4.78 is 0. The SMILES string of the molecule is CC.CC(=O)C(O)C1CNC1. The van der Waals surface area contributed by atoms with Crippen LogP contribution >= 0.6 is 0 Å². The summed E-state index contributed by atoms with van der Waals surface area (Å²) in [6.07, 6.45) is -0.730. The Balaban J connectivity index is 0.000000461. The summed E-state index contributed by atoms with van der Waals surface area (Å²) in [4.78, 5) is 10.5. The average Bonchev–Trinajstić information content (AvgIpc) is 1.88. The van der Waals surface area contributed by atoms with Gasteiger partial charge in [0, 0.05) is 19.0 Å². The Labute approximate surface area is 67.8 Å². The Hall–Kier alpha value is -0.410. The molecule has 0 aromatic rings. The summed E-state index contributed by atoms with van der Waals surface area (Å²) in [5, 5.41) is 12.0. The van der Waals surface area contributed by atoms with E-state index >= 15 is 0 Å². The lowest BCUT2D eigenvalue weighted by Crippen LogP contribution is -2.50. The largest absolute Gasteiger partial charge is 0.385 e. The van der Waals surface area contributed by atoms with Crippen molar-refractivity contribution in [1.29, 1.82) is 0 Å². The molecule has 1 fully saturated rings. The minimum absolute atomic E-state index is 0.124. The molecule has 0 aliphatic carbocycles. The van der Waals surface area contributed by atoms with E-state index in [-0.39, 0.29) is 11.7 Å². The molecule has 11 heavy (non-hydrogen) atoms. The zero-order chi connectivity index (χ0) is 8.85. The lowest BCUT2D eigenvalue weighted by atomic mass is 9.94. The van der Waals surface area contributed by atoms with Gasteiger partial charge in [-0.3, -0.25) is 4.79 Å². The van der Waals surface area contributed by atoms with Crippen LogP contribution in [0.15, 0.2) is 0 Å². The Kier molecular flexibility index (Phi) is 5.07. The summed E-state index contributed by atoms with van der Waals surface area (Å²) in [5.41, 5.74) is 0. The molecule has 1 aliphatic heterocycles. The van der Waals surface area contributed by atoms with E-state index in [1.807, 2.05) is 13.8 Å². The Morgan fingerprint density at radius 1 is 1.55 bits per heavy atom. The lowest BCUT2D eigenvalue weighted by molar-refractivity contribution is -0.128. The highest BCUT2D eigenvalue weighted by Gasteiger charge is 2.27. The average molecular weight is 159 g/mol. The number of carbonyl (C=O) groups is 1. The van der Waals surface area contributed by atoms with Crippen molar-refractivity contribution in [3.8, 4) is 0 Å². The molecule has 1 saturated heterocycles. The first-order chi connectivity index (χ1) is 5.22. The van der Waals surface area contributed by atoms with Crippen LogP contribution < -0.4 is 5.32 Å². The second-order valence-corrected chi connectivity index (χ2v) is 2.47. The quantitative estimate of drug-likeness (QED) is 0.604. The Morgan fingerprint density at radius 3 is 2.09 bits per heavy atom. The maximum atomic E-state index is 10.5. The maximum Gasteiger partial charge on any atom is 0.158 e. The number of aliphatic hydroxyl groups is 1. The van der Waals surface area contributed by atoms with Crippen molar-refractivity contribution in [3.05, 3.63) is 0 Å². The highest BCUT2D eigenvalue weighted by molar-refractivity contribution is 5.80. The summed E-state index contributed by atoms with van der Waals surface area (Å²) in [6.45, 7) is 6.98. The van der Waals surface area contributed by atoms with Gasteiger partial charge < -0.3 is 10.4 Å². The van der Waals surface area contributed by atoms with Crippen molar-refractivity contribution in [1.82, 2.24) is 5.32 Å². The van der Waals surface area contributed by atoms with E-state index in [1.54, 1.807) is 0 Å². The first-order valence-electron chi connectivity index (χ1n) is 4.11. The van der Waals surface area contributed by atoms with Gasteiger partial charge in [-0.15, -0.1) is 0 Å². The standard InChI is InChI=1S/C6H11NO2.C2H6/c1-4(8)6(9)5-2-7-3-5;1-2/h5-7,9H,2-3H2,1H3;1-2H3. The van der Waals surface area contributed by atoms with E-state index in [0.717, 1.165) is 13.1 Å². The second-order valence-electron chi connectivity index (χ2n) is 2.47. The van der Waals surface area contributed by atoms with Crippen LogP contribution in [0.1, 0.15) is 20.8 Å². The van der Waals surface area contributed by atoms with Crippen LogP contribution in [0.2, 0.25) is 0 Å². The van der Waals surface area contributed by atoms with Crippen molar-refractivity contribution in [2.45, 2.75) is 26.9 Å². The molecule has 0 aromatic heterocycles. The van der Waals surface area contributed by atoms with Gasteiger partial charge in [-0.1, -0.05) is 13.8 Å². The predicted molar refractivity (Wildman–Crippen MR) is 44.4 cm³/mol. The summed E-state index contributed by atoms with van der Waals surface area (Å²) in [6, 6.07) is 0. The highest BCUT2D eigenvalue weighted by Crippen LogP contribution is 2.08. The van der Waals surface area contributed by atoms with Gasteiger partial charge in [-0.05, 0) is 6.92 Å². The molecular formula is C8H17NO2. The van der Waals surface area contributed by atoms with Crippen LogP contribution in [-0.2, 0) is 4.79 Å². The molecule has 1 unspecified atom stereocenters. The molecule has 0 saturated carbocycles. The van der Waals surface area contributed by atoms with Gasteiger partial charge in [-0.2, -0.15) is 0 Å². The Bertz CT molecular complexity index is 121. The normalized spacial score (nSPS) is 19.3. The van der Waals surface area contributed by atoms with Gasteiger partial charge >= 0.3 is 0 Å². The molecule has 1 heterocycles. The highest BCUT2D eigenvalue weighted by atomic mass is 16.3. The van der Waals surface area contributed by atoms with E-state index in [0.29, 0.717) is 0 Å². The predicted octanol–water partition coefficient (Wildman–Crippen LogP) is 0.182. The molecule has 66 valence electrons. The summed E-state index contributed by atoms with van der Waals surface area (Å²) in [7, 11) is 0. The fourth-order valence-electron chi connectivity index (χ4n) is 0.866. The molecule has 1 atom stereocenters. The number of ketones is 1. The van der Waals surface area contributed by atoms with Crippen molar-refractivity contribution >= 4 is 5.78 Å². The molecule has 3 heteroatoms. The number of Topliss-reactive ketones (excluding diaryl/α,β-unsaturated/α-hetero) is 1. The van der Waals surface area contributed by atoms with Gasteiger partial charge in [0.1, 0.15) is 6.10 Å². The topological polar surface area (TPSA) is 49.3 Å². The number of aliphatic hydroxyl groups excluding tert-OH is 1. The van der Waals surface area contributed by atoms with Gasteiger partial charge in [0.15, 0.2) is 5.78 Å². The molecule has 0 aromatic carbocycles. The molecule has 0 amide bonds. The third kappa shape index (κ3) is 2.99. The van der Waals surface area contributed by atoms with Gasteiger partial charge in [0.2, 0.25) is 0 Å². The molecule has 3 nitrogen and oxygen atoms in total. The molecule has 0 radical (unpaired) electrons. The second kappa shape index (κ2) is 5.27. The number of hydrogen-bond donors (Lipinski definition) is 2. The Morgan fingerprint density at radius 2 is 2.00 bits per heavy atom. The monoisotopic (exact) mass is 159 g/mol. The van der Waals surface area contributed by atoms with Crippen LogP contribution in [0.25, 0.3) is 0 Å². The minimum atomic E-state index is -0.730. The zero-order valence-electron chi connectivity index (χ0n) is 7.42. The van der Waals surface area contributed by atoms with Crippen LogP contribution in [0.5, 0.6) is 0 Å². The van der Waals surface area contributed by atoms with Crippen LogP contribution in [0.3, 0.4) is 0 Å². The van der Waals surface area contributed by atoms with Gasteiger partial charge in [0.25, 0.3) is 0 Å². The maximum absolute atomic E-state index is 10.5. The lowest BCUT2D eigenvalue weighted by Gasteiger charge is -2.29. The summed E-state index contributed by atoms with van der Waals surface area (Å²) in [5.74, 6) is 0.0454. The van der Waals surface area contributed by atoms with E-state index in [2.05, 4.69) is 5.32 Å².